The molecule has 4 N–H and O–H groups in total. The summed E-state index contributed by atoms with van der Waals surface area (Å²) in [6.07, 6.45) is -2.39. The fourth-order valence-electron chi connectivity index (χ4n) is 4.80. The van der Waals surface area contributed by atoms with Crippen molar-refractivity contribution in [3.63, 3.8) is 0 Å². The number of hydrogen-bond donors (Lipinski definition) is 3. The van der Waals surface area contributed by atoms with Gasteiger partial charge in [-0.15, -0.1) is 0 Å². The SMILES string of the molecule is CCn1nc(C(=O)NCC2(C(N)=O)CCC(S(C)(=O)=O)CC2)c(Cl)c1-c1ccc(N[C@H](C)C(F)(F)F)cc1OC. The van der Waals surface area contributed by atoms with Crippen LogP contribution < -0.4 is 21.1 Å². The Morgan fingerprint density at radius 1 is 1.30 bits per heavy atom. The van der Waals surface area contributed by atoms with Gasteiger partial charge in [0.1, 0.15) is 21.6 Å². The zero-order chi connectivity index (χ0) is 30.0. The minimum Gasteiger partial charge on any atom is -0.496 e. The third-order valence-electron chi connectivity index (χ3n) is 7.35. The van der Waals surface area contributed by atoms with Gasteiger partial charge in [0.2, 0.25) is 5.91 Å². The molecule has 0 bridgehead atoms. The van der Waals surface area contributed by atoms with Crippen LogP contribution in [0.3, 0.4) is 0 Å². The van der Waals surface area contributed by atoms with Crippen LogP contribution in [-0.2, 0) is 21.2 Å². The summed E-state index contributed by atoms with van der Waals surface area (Å²) in [5.74, 6) is -1.09. The molecule has 0 unspecified atom stereocenters. The molecule has 1 aliphatic carbocycles. The first kappa shape index (κ1) is 31.5. The maximum atomic E-state index is 13.2. The Kier molecular flexibility index (Phi) is 9.34. The second-order valence-electron chi connectivity index (χ2n) is 10.0. The van der Waals surface area contributed by atoms with Gasteiger partial charge in [-0.25, -0.2) is 8.42 Å². The van der Waals surface area contributed by atoms with Gasteiger partial charge in [0.25, 0.3) is 5.91 Å². The number of alkyl halides is 3. The van der Waals surface area contributed by atoms with Gasteiger partial charge in [-0.2, -0.15) is 18.3 Å². The lowest BCUT2D eigenvalue weighted by Crippen LogP contribution is -2.49. The summed E-state index contributed by atoms with van der Waals surface area (Å²) < 4.78 is 69.7. The Bertz CT molecular complexity index is 1370. The number of carbonyl (C=O) groups excluding carboxylic acids is 2. The van der Waals surface area contributed by atoms with E-state index in [2.05, 4.69) is 15.7 Å². The van der Waals surface area contributed by atoms with E-state index in [4.69, 9.17) is 22.1 Å². The van der Waals surface area contributed by atoms with Crippen molar-refractivity contribution < 1.29 is 35.9 Å². The molecular weight excluding hydrogens is 575 g/mol. The van der Waals surface area contributed by atoms with Crippen molar-refractivity contribution in [2.24, 2.45) is 11.1 Å². The Morgan fingerprint density at radius 2 is 1.93 bits per heavy atom. The van der Waals surface area contributed by atoms with Gasteiger partial charge in [0.05, 0.1) is 28.5 Å². The molecule has 1 aromatic heterocycles. The van der Waals surface area contributed by atoms with Crippen molar-refractivity contribution in [1.82, 2.24) is 15.1 Å². The quantitative estimate of drug-likeness (QED) is 0.373. The number of sulfone groups is 1. The molecule has 3 rings (SSSR count). The van der Waals surface area contributed by atoms with Gasteiger partial charge in [0, 0.05) is 36.7 Å². The zero-order valence-corrected chi connectivity index (χ0v) is 24.1. The molecule has 2 amide bonds. The van der Waals surface area contributed by atoms with Crippen molar-refractivity contribution in [1.29, 1.82) is 0 Å². The van der Waals surface area contributed by atoms with Crippen LogP contribution in [0.1, 0.15) is 50.0 Å². The first-order valence-electron chi connectivity index (χ1n) is 12.6. The van der Waals surface area contributed by atoms with Crippen molar-refractivity contribution in [3.8, 4) is 17.0 Å². The molecule has 1 saturated carbocycles. The van der Waals surface area contributed by atoms with E-state index < -0.39 is 44.5 Å². The van der Waals surface area contributed by atoms with Crippen molar-refractivity contribution in [3.05, 3.63) is 28.9 Å². The highest BCUT2D eigenvalue weighted by Gasteiger charge is 2.43. The van der Waals surface area contributed by atoms with Crippen LogP contribution >= 0.6 is 11.6 Å². The summed E-state index contributed by atoms with van der Waals surface area (Å²) in [5.41, 5.74) is 5.32. The van der Waals surface area contributed by atoms with E-state index in [0.29, 0.717) is 17.8 Å². The number of amides is 2. The number of nitrogens with one attached hydrogen (secondary N) is 2. The molecule has 0 radical (unpaired) electrons. The summed E-state index contributed by atoms with van der Waals surface area (Å²) in [6.45, 7) is 2.94. The number of carbonyl (C=O) groups is 2. The van der Waals surface area contributed by atoms with Crippen LogP contribution in [-0.4, -0.2) is 67.4 Å². The van der Waals surface area contributed by atoms with Crippen LogP contribution in [0, 0.1) is 5.41 Å². The van der Waals surface area contributed by atoms with E-state index in [1.54, 1.807) is 6.92 Å². The standard InChI is InChI=1S/C25H33ClF3N5O5S/c1-5-34-21(17-7-6-15(12-18(17)39-3)32-14(2)25(27,28)29)19(26)20(33-34)22(35)31-13-24(23(30)36)10-8-16(9-11-24)40(4,37)38/h6-7,12,14,16,32H,5,8-11,13H2,1-4H3,(H2,30,36)(H,31,35)/t14-,16?,24?/m1/s1. The Labute approximate surface area is 235 Å². The van der Waals surface area contributed by atoms with Gasteiger partial charge < -0.3 is 21.1 Å². The number of rotatable bonds is 10. The zero-order valence-electron chi connectivity index (χ0n) is 22.6. The summed E-state index contributed by atoms with van der Waals surface area (Å²) in [6, 6.07) is 2.55. The molecule has 1 heterocycles. The highest BCUT2D eigenvalue weighted by molar-refractivity contribution is 7.91. The second kappa shape index (κ2) is 11.9. The molecule has 10 nitrogen and oxygen atoms in total. The van der Waals surface area contributed by atoms with Gasteiger partial charge in [0.15, 0.2) is 5.69 Å². The number of methoxy groups -OCH3 is 1. The molecule has 222 valence electrons. The van der Waals surface area contributed by atoms with Crippen LogP contribution in [0.2, 0.25) is 5.02 Å². The number of anilines is 1. The molecule has 1 fully saturated rings. The number of halogens is 4. The number of benzene rings is 1. The molecule has 1 atom stereocenters. The largest absolute Gasteiger partial charge is 0.496 e. The van der Waals surface area contributed by atoms with E-state index in [9.17, 15) is 31.2 Å². The topological polar surface area (TPSA) is 145 Å². The lowest BCUT2D eigenvalue weighted by atomic mass is 9.73. The number of ether oxygens (including phenoxy) is 1. The second-order valence-corrected chi connectivity index (χ2v) is 12.7. The van der Waals surface area contributed by atoms with Gasteiger partial charge in [-0.3, -0.25) is 14.3 Å². The maximum absolute atomic E-state index is 13.2. The number of aromatic nitrogens is 2. The summed E-state index contributed by atoms with van der Waals surface area (Å²) in [5, 5.41) is 8.79. The van der Waals surface area contributed by atoms with Crippen LogP contribution in [0.15, 0.2) is 18.2 Å². The average molecular weight is 608 g/mol. The molecule has 1 aromatic carbocycles. The van der Waals surface area contributed by atoms with Crippen LogP contribution in [0.4, 0.5) is 18.9 Å². The van der Waals surface area contributed by atoms with E-state index >= 15 is 0 Å². The normalized spacial score (nSPS) is 20.6. The van der Waals surface area contributed by atoms with Gasteiger partial charge >= 0.3 is 6.18 Å². The van der Waals surface area contributed by atoms with E-state index in [1.807, 2.05) is 0 Å². The average Bonchev–Trinajstić information content (AvgIpc) is 3.22. The predicted molar refractivity (Wildman–Crippen MR) is 145 cm³/mol. The third kappa shape index (κ3) is 6.65. The molecule has 0 aliphatic heterocycles. The molecule has 1 aliphatic rings. The summed E-state index contributed by atoms with van der Waals surface area (Å²) in [7, 11) is -1.92. The summed E-state index contributed by atoms with van der Waals surface area (Å²) >= 11 is 6.62. The van der Waals surface area contributed by atoms with Gasteiger partial charge in [-0.1, -0.05) is 11.6 Å². The Morgan fingerprint density at radius 3 is 2.42 bits per heavy atom. The molecule has 0 saturated heterocycles. The lowest BCUT2D eigenvalue weighted by Gasteiger charge is -2.37. The fraction of sp³-hybridized carbons (Fsp3) is 0.560. The van der Waals surface area contributed by atoms with Crippen molar-refractivity contribution >= 4 is 38.9 Å². The Hall–Kier alpha value is -3.00. The third-order valence-corrected chi connectivity index (χ3v) is 9.39. The number of nitrogens with two attached hydrogens (primary N) is 1. The van der Waals surface area contributed by atoms with Crippen LogP contribution in [0.25, 0.3) is 11.3 Å². The smallest absolute Gasteiger partial charge is 0.408 e. The lowest BCUT2D eigenvalue weighted by molar-refractivity contribution is -0.138. The number of nitrogens with zero attached hydrogens (tertiary/aromatic N) is 2. The minimum atomic E-state index is -4.45. The van der Waals surface area contributed by atoms with E-state index in [1.165, 1.54) is 30.0 Å². The number of hydrogen-bond acceptors (Lipinski definition) is 7. The number of primary amides is 1. The fourth-order valence-corrected chi connectivity index (χ4v) is 6.21. The molecule has 2 aromatic rings. The molecule has 0 spiro atoms. The highest BCUT2D eigenvalue weighted by Crippen LogP contribution is 2.40. The van der Waals surface area contributed by atoms with Gasteiger partial charge in [-0.05, 0) is 51.7 Å². The number of aryl methyl sites for hydroxylation is 1. The maximum Gasteiger partial charge on any atom is 0.408 e. The minimum absolute atomic E-state index is 0.0177. The van der Waals surface area contributed by atoms with Crippen LogP contribution in [0.5, 0.6) is 5.75 Å². The molecule has 40 heavy (non-hydrogen) atoms. The predicted octanol–water partition coefficient (Wildman–Crippen LogP) is 3.78. The molecule has 15 heteroatoms. The van der Waals surface area contributed by atoms with Crippen molar-refractivity contribution in [2.45, 2.75) is 63.5 Å². The monoisotopic (exact) mass is 607 g/mol. The summed E-state index contributed by atoms with van der Waals surface area (Å²) in [4.78, 5) is 25.5. The van der Waals surface area contributed by atoms with E-state index in [0.717, 1.165) is 13.2 Å². The first-order valence-corrected chi connectivity index (χ1v) is 14.9. The molecular formula is C25H33ClF3N5O5S. The van der Waals surface area contributed by atoms with Crippen molar-refractivity contribution in [2.75, 3.05) is 25.2 Å². The highest BCUT2D eigenvalue weighted by atomic mass is 35.5. The van der Waals surface area contributed by atoms with E-state index in [-0.39, 0.29) is 54.4 Å². The Balaban J connectivity index is 1.86. The first-order chi connectivity index (χ1) is 18.5.